The Morgan fingerprint density at radius 1 is 0.375 bits per heavy atom. The SMILES string of the molecule is CCCCCCCCCCCCCCCCCC[N+](CC)(CC)CCC(C)(N)CCCCCCCCCCCC. The van der Waals surface area contributed by atoms with Crippen LogP contribution in [0.15, 0.2) is 0 Å². The highest BCUT2D eigenvalue weighted by Gasteiger charge is 2.27. The lowest BCUT2D eigenvalue weighted by molar-refractivity contribution is -0.925. The first-order valence-corrected chi connectivity index (χ1v) is 19.1. The van der Waals surface area contributed by atoms with E-state index < -0.39 is 0 Å². The lowest BCUT2D eigenvalue weighted by Gasteiger charge is -2.39. The zero-order valence-electron chi connectivity index (χ0n) is 29.2. The molecule has 0 saturated carbocycles. The molecule has 0 rings (SSSR count). The molecule has 0 aliphatic carbocycles. The van der Waals surface area contributed by atoms with E-state index in [2.05, 4.69) is 34.6 Å². The van der Waals surface area contributed by atoms with E-state index >= 15 is 0 Å². The summed E-state index contributed by atoms with van der Waals surface area (Å²) in [7, 11) is 0. The van der Waals surface area contributed by atoms with Crippen molar-refractivity contribution in [2.45, 2.75) is 220 Å². The molecule has 1 atom stereocenters. The van der Waals surface area contributed by atoms with Crippen LogP contribution in [-0.4, -0.2) is 36.2 Å². The predicted octanol–water partition coefficient (Wildman–Crippen LogP) is 12.5. The van der Waals surface area contributed by atoms with Gasteiger partial charge in [-0.1, -0.05) is 168 Å². The highest BCUT2D eigenvalue weighted by atomic mass is 15.3. The van der Waals surface area contributed by atoms with Gasteiger partial charge in [-0.3, -0.25) is 0 Å². The summed E-state index contributed by atoms with van der Waals surface area (Å²) in [5.74, 6) is 0. The van der Waals surface area contributed by atoms with Crippen LogP contribution in [0.4, 0.5) is 0 Å². The van der Waals surface area contributed by atoms with E-state index in [1.807, 2.05) is 0 Å². The van der Waals surface area contributed by atoms with E-state index in [4.69, 9.17) is 5.73 Å². The molecule has 0 fully saturated rings. The molecule has 0 radical (unpaired) electrons. The normalized spacial score (nSPS) is 13.7. The van der Waals surface area contributed by atoms with Gasteiger partial charge in [0.25, 0.3) is 0 Å². The molecule has 0 aromatic heterocycles. The number of hydrogen-bond donors (Lipinski definition) is 1. The van der Waals surface area contributed by atoms with Gasteiger partial charge in [-0.25, -0.2) is 0 Å². The summed E-state index contributed by atoms with van der Waals surface area (Å²) in [5, 5.41) is 0. The molecule has 2 N–H and O–H groups in total. The Labute approximate surface area is 256 Å². The smallest absolute Gasteiger partial charge is 0.0804 e. The van der Waals surface area contributed by atoms with Crippen molar-refractivity contribution in [2.75, 3.05) is 26.2 Å². The third kappa shape index (κ3) is 25.6. The average Bonchev–Trinajstić information content (AvgIpc) is 2.95. The van der Waals surface area contributed by atoms with Gasteiger partial charge in [0.05, 0.1) is 26.2 Å². The molecule has 2 heteroatoms. The molecule has 0 aromatic carbocycles. The number of rotatable bonds is 33. The van der Waals surface area contributed by atoms with Crippen molar-refractivity contribution < 1.29 is 4.48 Å². The van der Waals surface area contributed by atoms with Crippen molar-refractivity contribution in [2.24, 2.45) is 5.73 Å². The maximum Gasteiger partial charge on any atom is 0.0804 e. The third-order valence-electron chi connectivity index (χ3n) is 10.1. The maximum atomic E-state index is 6.82. The fourth-order valence-corrected chi connectivity index (χ4v) is 6.60. The van der Waals surface area contributed by atoms with Gasteiger partial charge >= 0.3 is 0 Å². The summed E-state index contributed by atoms with van der Waals surface area (Å²) in [6.07, 6.45) is 39.7. The number of unbranched alkanes of at least 4 members (excludes halogenated alkanes) is 24. The predicted molar refractivity (Wildman–Crippen MR) is 184 cm³/mol. The molecule has 0 bridgehead atoms. The molecular formula is C38H81N2+. The first-order valence-electron chi connectivity index (χ1n) is 19.1. The molecule has 40 heavy (non-hydrogen) atoms. The van der Waals surface area contributed by atoms with Crippen molar-refractivity contribution in [1.29, 1.82) is 0 Å². The zero-order valence-corrected chi connectivity index (χ0v) is 29.2. The van der Waals surface area contributed by atoms with Gasteiger partial charge in [-0.15, -0.1) is 0 Å². The first kappa shape index (κ1) is 39.9. The lowest BCUT2D eigenvalue weighted by atomic mass is 9.91. The third-order valence-corrected chi connectivity index (χ3v) is 10.1. The Balaban J connectivity index is 3.79. The van der Waals surface area contributed by atoms with Gasteiger partial charge in [-0.2, -0.15) is 0 Å². The van der Waals surface area contributed by atoms with Crippen molar-refractivity contribution >= 4 is 0 Å². The summed E-state index contributed by atoms with van der Waals surface area (Å²) in [6.45, 7) is 16.9. The van der Waals surface area contributed by atoms with Crippen LogP contribution in [0.2, 0.25) is 0 Å². The second-order valence-electron chi connectivity index (χ2n) is 14.1. The van der Waals surface area contributed by atoms with Crippen molar-refractivity contribution in [3.8, 4) is 0 Å². The highest BCUT2D eigenvalue weighted by molar-refractivity contribution is 4.78. The van der Waals surface area contributed by atoms with Crippen LogP contribution in [0.3, 0.4) is 0 Å². The van der Waals surface area contributed by atoms with Gasteiger partial charge in [0.15, 0.2) is 0 Å². The van der Waals surface area contributed by atoms with Crippen molar-refractivity contribution in [3.05, 3.63) is 0 Å². The van der Waals surface area contributed by atoms with Gasteiger partial charge in [0.2, 0.25) is 0 Å². The largest absolute Gasteiger partial charge is 0.325 e. The van der Waals surface area contributed by atoms with Gasteiger partial charge < -0.3 is 10.2 Å². The van der Waals surface area contributed by atoms with Crippen LogP contribution < -0.4 is 5.73 Å². The minimum absolute atomic E-state index is 0.0165. The Morgan fingerprint density at radius 2 is 0.675 bits per heavy atom. The summed E-state index contributed by atoms with van der Waals surface area (Å²) < 4.78 is 1.28. The van der Waals surface area contributed by atoms with E-state index in [1.54, 1.807) is 0 Å². The van der Waals surface area contributed by atoms with Crippen LogP contribution in [0.1, 0.15) is 214 Å². The molecule has 0 amide bonds. The molecule has 0 saturated heterocycles. The van der Waals surface area contributed by atoms with Crippen LogP contribution in [0.5, 0.6) is 0 Å². The van der Waals surface area contributed by atoms with Crippen molar-refractivity contribution in [3.63, 3.8) is 0 Å². The summed E-state index contributed by atoms with van der Waals surface area (Å²) in [4.78, 5) is 0. The molecule has 242 valence electrons. The van der Waals surface area contributed by atoms with Crippen LogP contribution in [-0.2, 0) is 0 Å². The van der Waals surface area contributed by atoms with Gasteiger partial charge in [0.1, 0.15) is 0 Å². The molecular weight excluding hydrogens is 484 g/mol. The molecule has 0 heterocycles. The van der Waals surface area contributed by atoms with E-state index in [0.717, 1.165) is 0 Å². The van der Waals surface area contributed by atoms with E-state index in [9.17, 15) is 0 Å². The molecule has 0 aromatic rings. The second kappa shape index (κ2) is 29.0. The Kier molecular flexibility index (Phi) is 29.0. The fraction of sp³-hybridized carbons (Fsp3) is 1.00. The standard InChI is InChI=1S/C38H81N2/c1-6-10-12-14-16-18-20-21-22-23-24-25-27-29-31-33-36-40(8-3,9-4)37-35-38(5,39)34-32-30-28-26-19-17-15-13-11-7-2/h6-37,39H2,1-5H3/q+1. The molecule has 2 nitrogen and oxygen atoms in total. The second-order valence-corrected chi connectivity index (χ2v) is 14.1. The van der Waals surface area contributed by atoms with Crippen LogP contribution in [0.25, 0.3) is 0 Å². The summed E-state index contributed by atoms with van der Waals surface area (Å²) >= 11 is 0. The quantitative estimate of drug-likeness (QED) is 0.0621. The fourth-order valence-electron chi connectivity index (χ4n) is 6.60. The van der Waals surface area contributed by atoms with Crippen LogP contribution >= 0.6 is 0 Å². The number of hydrogen-bond acceptors (Lipinski definition) is 1. The van der Waals surface area contributed by atoms with E-state index in [1.165, 1.54) is 210 Å². The molecule has 0 aliphatic heterocycles. The summed E-state index contributed by atoms with van der Waals surface area (Å²) in [6, 6.07) is 0. The molecule has 1 unspecified atom stereocenters. The van der Waals surface area contributed by atoms with Gasteiger partial charge in [0, 0.05) is 12.0 Å². The first-order chi connectivity index (χ1) is 19.4. The number of quaternary nitrogens is 1. The number of nitrogens with zero attached hydrogens (tertiary/aromatic N) is 1. The Bertz CT molecular complexity index is 482. The topological polar surface area (TPSA) is 26.0 Å². The average molecular weight is 566 g/mol. The number of nitrogens with two attached hydrogens (primary N) is 1. The molecule has 0 spiro atoms. The zero-order chi connectivity index (χ0) is 29.6. The van der Waals surface area contributed by atoms with E-state index in [-0.39, 0.29) is 5.54 Å². The van der Waals surface area contributed by atoms with Gasteiger partial charge in [-0.05, 0) is 40.0 Å². The molecule has 0 aliphatic rings. The monoisotopic (exact) mass is 566 g/mol. The Morgan fingerprint density at radius 3 is 1.00 bits per heavy atom. The minimum Gasteiger partial charge on any atom is -0.325 e. The van der Waals surface area contributed by atoms with Crippen molar-refractivity contribution in [1.82, 2.24) is 0 Å². The highest BCUT2D eigenvalue weighted by Crippen LogP contribution is 2.22. The minimum atomic E-state index is 0.0165. The maximum absolute atomic E-state index is 6.82. The Hall–Kier alpha value is -0.0800. The van der Waals surface area contributed by atoms with E-state index in [0.29, 0.717) is 0 Å². The summed E-state index contributed by atoms with van der Waals surface area (Å²) in [5.41, 5.74) is 6.84. The van der Waals surface area contributed by atoms with Crippen LogP contribution in [0, 0.1) is 0 Å². The lowest BCUT2D eigenvalue weighted by Crippen LogP contribution is -2.52.